The molecule has 0 unspecified atom stereocenters. The Hall–Kier alpha value is -3.94. The average Bonchev–Trinajstić information content (AvgIpc) is 3.28. The Labute approximate surface area is 198 Å². The zero-order valence-corrected chi connectivity index (χ0v) is 20.0. The summed E-state index contributed by atoms with van der Waals surface area (Å²) in [6.07, 6.45) is 0. The van der Waals surface area contributed by atoms with Crippen molar-refractivity contribution in [3.8, 4) is 5.75 Å². The highest BCUT2D eigenvalue weighted by Crippen LogP contribution is 2.28. The van der Waals surface area contributed by atoms with Crippen LogP contribution in [0.2, 0.25) is 0 Å². The zero-order chi connectivity index (χ0) is 24.6. The smallest absolute Gasteiger partial charge is 0.261 e. The molecule has 2 heterocycles. The fraction of sp³-hybridized carbons (Fsp3) is 0.308. The highest BCUT2D eigenvalue weighted by molar-refractivity contribution is 6.21. The van der Waals surface area contributed by atoms with Crippen LogP contribution >= 0.6 is 0 Å². The number of benzene rings is 2. The van der Waals surface area contributed by atoms with E-state index in [1.807, 2.05) is 40.7 Å². The molecule has 176 valence electrons. The minimum Gasteiger partial charge on any atom is -0.493 e. The number of nitrogens with zero attached hydrogens (tertiary/aromatic N) is 3. The van der Waals surface area contributed by atoms with Crippen molar-refractivity contribution in [3.05, 3.63) is 76.5 Å². The summed E-state index contributed by atoms with van der Waals surface area (Å²) in [6.45, 7) is 10.2. The third-order valence-electron chi connectivity index (χ3n) is 5.52. The van der Waals surface area contributed by atoms with Crippen LogP contribution in [0.25, 0.3) is 0 Å². The standard InChI is InChI=1S/C26H28N4O4/c1-6-34-21-12-11-17(15-29-24(32)18-9-7-8-10-19(18)25(29)33)14-20(21)23(31)27-22-13-16(2)28-30(22)26(3,4)5/h7-14H,6,15H2,1-5H3,(H,27,31). The summed E-state index contributed by atoms with van der Waals surface area (Å²) in [5.41, 5.74) is 2.20. The van der Waals surface area contributed by atoms with Crippen LogP contribution in [0.4, 0.5) is 5.82 Å². The SMILES string of the molecule is CCOc1ccc(CN2C(=O)c3ccccc3C2=O)cc1C(=O)Nc1cc(C)nn1C(C)(C)C. The Balaban J connectivity index is 1.63. The Morgan fingerprint density at radius 1 is 1.03 bits per heavy atom. The van der Waals surface area contributed by atoms with Crippen molar-refractivity contribution in [2.45, 2.75) is 46.7 Å². The fourth-order valence-corrected chi connectivity index (χ4v) is 3.98. The Morgan fingerprint density at radius 3 is 2.26 bits per heavy atom. The van der Waals surface area contributed by atoms with Crippen molar-refractivity contribution in [1.29, 1.82) is 0 Å². The third-order valence-corrected chi connectivity index (χ3v) is 5.52. The van der Waals surface area contributed by atoms with Crippen molar-refractivity contribution in [3.63, 3.8) is 0 Å². The van der Waals surface area contributed by atoms with Gasteiger partial charge in [-0.15, -0.1) is 0 Å². The first kappa shape index (κ1) is 23.2. The second-order valence-electron chi connectivity index (χ2n) is 9.21. The van der Waals surface area contributed by atoms with Crippen LogP contribution in [-0.2, 0) is 12.1 Å². The van der Waals surface area contributed by atoms with Gasteiger partial charge >= 0.3 is 0 Å². The van der Waals surface area contributed by atoms with Crippen molar-refractivity contribution < 1.29 is 19.1 Å². The van der Waals surface area contributed by atoms with Crippen molar-refractivity contribution >= 4 is 23.5 Å². The van der Waals surface area contributed by atoms with E-state index in [9.17, 15) is 14.4 Å². The lowest BCUT2D eigenvalue weighted by Gasteiger charge is -2.22. The summed E-state index contributed by atoms with van der Waals surface area (Å²) in [5, 5.41) is 7.44. The van der Waals surface area contributed by atoms with Crippen LogP contribution in [0.1, 0.15) is 70.0 Å². The Kier molecular flexibility index (Phi) is 6.00. The van der Waals surface area contributed by atoms with E-state index in [1.165, 1.54) is 4.90 Å². The second-order valence-corrected chi connectivity index (χ2v) is 9.21. The Bertz CT molecular complexity index is 1250. The molecule has 1 aliphatic heterocycles. The number of anilines is 1. The van der Waals surface area contributed by atoms with Gasteiger partial charge in [-0.1, -0.05) is 18.2 Å². The molecular weight excluding hydrogens is 432 g/mol. The highest BCUT2D eigenvalue weighted by atomic mass is 16.5. The number of ether oxygens (including phenoxy) is 1. The lowest BCUT2D eigenvalue weighted by atomic mass is 10.1. The van der Waals surface area contributed by atoms with Gasteiger partial charge in [0.05, 0.1) is 41.1 Å². The number of imide groups is 1. The first-order chi connectivity index (χ1) is 16.1. The summed E-state index contributed by atoms with van der Waals surface area (Å²) in [7, 11) is 0. The first-order valence-corrected chi connectivity index (χ1v) is 11.2. The summed E-state index contributed by atoms with van der Waals surface area (Å²) in [4.78, 5) is 40.0. The number of nitrogens with one attached hydrogen (secondary N) is 1. The molecule has 8 nitrogen and oxygen atoms in total. The van der Waals surface area contributed by atoms with E-state index in [1.54, 1.807) is 47.1 Å². The van der Waals surface area contributed by atoms with Gasteiger partial charge in [-0.3, -0.25) is 19.3 Å². The number of rotatable bonds is 6. The van der Waals surface area contributed by atoms with E-state index in [0.29, 0.717) is 40.4 Å². The second kappa shape index (κ2) is 8.78. The molecule has 3 amide bonds. The summed E-state index contributed by atoms with van der Waals surface area (Å²) < 4.78 is 7.45. The molecule has 0 spiro atoms. The molecule has 1 N–H and O–H groups in total. The van der Waals surface area contributed by atoms with Gasteiger partial charge in [-0.25, -0.2) is 4.68 Å². The van der Waals surface area contributed by atoms with Gasteiger partial charge < -0.3 is 10.1 Å². The number of aromatic nitrogens is 2. The maximum absolute atomic E-state index is 13.3. The molecule has 0 saturated carbocycles. The monoisotopic (exact) mass is 460 g/mol. The number of hydrogen-bond acceptors (Lipinski definition) is 5. The van der Waals surface area contributed by atoms with E-state index in [2.05, 4.69) is 10.4 Å². The summed E-state index contributed by atoms with van der Waals surface area (Å²) in [6, 6.07) is 13.7. The predicted octanol–water partition coefficient (Wildman–Crippen LogP) is 4.39. The fourth-order valence-electron chi connectivity index (χ4n) is 3.98. The number of aryl methyl sites for hydroxylation is 1. The molecule has 0 atom stereocenters. The minimum atomic E-state index is -0.363. The van der Waals surface area contributed by atoms with Crippen LogP contribution in [-0.4, -0.2) is 39.0 Å². The third kappa shape index (κ3) is 4.31. The molecule has 1 aromatic heterocycles. The van der Waals surface area contributed by atoms with Crippen LogP contribution < -0.4 is 10.1 Å². The van der Waals surface area contributed by atoms with Crippen LogP contribution in [0.3, 0.4) is 0 Å². The van der Waals surface area contributed by atoms with E-state index in [4.69, 9.17) is 4.74 Å². The number of carbonyl (C=O) groups is 3. The lowest BCUT2D eigenvalue weighted by Crippen LogP contribution is -2.29. The van der Waals surface area contributed by atoms with Crippen molar-refractivity contribution in [2.75, 3.05) is 11.9 Å². The van der Waals surface area contributed by atoms with Gasteiger partial charge in [0.2, 0.25) is 0 Å². The van der Waals surface area contributed by atoms with Gasteiger partial charge in [0, 0.05) is 6.07 Å². The minimum absolute atomic E-state index is 0.0536. The van der Waals surface area contributed by atoms with E-state index in [-0.39, 0.29) is 29.8 Å². The molecule has 0 aliphatic carbocycles. The van der Waals surface area contributed by atoms with Gasteiger partial charge in [0.15, 0.2) is 0 Å². The van der Waals surface area contributed by atoms with Gasteiger partial charge in [0.25, 0.3) is 17.7 Å². The number of hydrogen-bond donors (Lipinski definition) is 1. The molecular formula is C26H28N4O4. The van der Waals surface area contributed by atoms with E-state index < -0.39 is 0 Å². The largest absolute Gasteiger partial charge is 0.493 e. The van der Waals surface area contributed by atoms with Crippen LogP contribution in [0.15, 0.2) is 48.5 Å². The average molecular weight is 461 g/mol. The number of amides is 3. The van der Waals surface area contributed by atoms with E-state index in [0.717, 1.165) is 5.69 Å². The summed E-state index contributed by atoms with van der Waals surface area (Å²) >= 11 is 0. The van der Waals surface area contributed by atoms with Crippen molar-refractivity contribution in [1.82, 2.24) is 14.7 Å². The number of fused-ring (bicyclic) bond motifs is 1. The topological polar surface area (TPSA) is 93.5 Å². The molecule has 4 rings (SSSR count). The normalized spacial score (nSPS) is 13.3. The molecule has 1 aliphatic rings. The highest BCUT2D eigenvalue weighted by Gasteiger charge is 2.35. The molecule has 34 heavy (non-hydrogen) atoms. The maximum atomic E-state index is 13.3. The molecule has 0 bridgehead atoms. The lowest BCUT2D eigenvalue weighted by molar-refractivity contribution is 0.0642. The summed E-state index contributed by atoms with van der Waals surface area (Å²) in [5.74, 6) is -0.0546. The molecule has 0 saturated heterocycles. The predicted molar refractivity (Wildman–Crippen MR) is 128 cm³/mol. The van der Waals surface area contributed by atoms with Gasteiger partial charge in [0.1, 0.15) is 11.6 Å². The zero-order valence-electron chi connectivity index (χ0n) is 20.0. The molecule has 0 fully saturated rings. The molecule has 0 radical (unpaired) electrons. The molecule has 2 aromatic carbocycles. The molecule has 3 aromatic rings. The van der Waals surface area contributed by atoms with E-state index >= 15 is 0 Å². The maximum Gasteiger partial charge on any atom is 0.261 e. The Morgan fingerprint density at radius 2 is 1.68 bits per heavy atom. The molecule has 8 heteroatoms. The first-order valence-electron chi connectivity index (χ1n) is 11.2. The van der Waals surface area contributed by atoms with Crippen LogP contribution in [0, 0.1) is 6.92 Å². The van der Waals surface area contributed by atoms with Gasteiger partial charge in [-0.2, -0.15) is 5.10 Å². The van der Waals surface area contributed by atoms with Gasteiger partial charge in [-0.05, 0) is 64.4 Å². The van der Waals surface area contributed by atoms with Crippen molar-refractivity contribution in [2.24, 2.45) is 0 Å². The quantitative estimate of drug-likeness (QED) is 0.551. The van der Waals surface area contributed by atoms with Crippen LogP contribution in [0.5, 0.6) is 5.75 Å². The number of carbonyl (C=O) groups excluding carboxylic acids is 3.